The minimum absolute atomic E-state index is 0.0656. The lowest BCUT2D eigenvalue weighted by Gasteiger charge is -1.95. The highest BCUT2D eigenvalue weighted by Gasteiger charge is 2.15. The molecule has 0 spiro atoms. The summed E-state index contributed by atoms with van der Waals surface area (Å²) < 4.78 is 20.0. The average Bonchev–Trinajstić information content (AvgIpc) is 2.91. The number of furan rings is 1. The summed E-state index contributed by atoms with van der Waals surface area (Å²) in [5.41, 5.74) is 0.867. The van der Waals surface area contributed by atoms with E-state index < -0.39 is 5.97 Å². The number of carbonyl (C=O) groups is 1. The molecule has 0 bridgehead atoms. The molecule has 0 fully saturated rings. The number of fused-ring (bicyclic) bond motifs is 1. The van der Waals surface area contributed by atoms with Crippen LogP contribution in [0.5, 0.6) is 0 Å². The van der Waals surface area contributed by atoms with Gasteiger partial charge in [-0.15, -0.1) is 0 Å². The molecule has 0 aliphatic rings. The lowest BCUT2D eigenvalue weighted by molar-refractivity contribution is 0.0689. The van der Waals surface area contributed by atoms with Crippen LogP contribution >= 0.6 is 0 Å². The van der Waals surface area contributed by atoms with E-state index in [1.165, 1.54) is 22.9 Å². The van der Waals surface area contributed by atoms with E-state index in [9.17, 15) is 9.18 Å². The maximum absolute atomic E-state index is 13.1. The van der Waals surface area contributed by atoms with Crippen LogP contribution in [0, 0.1) is 5.82 Å². The first-order valence-corrected chi connectivity index (χ1v) is 5.51. The molecule has 1 aromatic carbocycles. The molecular weight excluding hydrogens is 251 g/mol. The summed E-state index contributed by atoms with van der Waals surface area (Å²) in [5, 5.41) is 13.5. The van der Waals surface area contributed by atoms with Crippen molar-refractivity contribution in [1.82, 2.24) is 9.78 Å². The molecular formula is C13H9FN2O3. The molecule has 0 aliphatic carbocycles. The number of carboxylic acids is 1. The van der Waals surface area contributed by atoms with Crippen LogP contribution in [0.4, 0.5) is 4.39 Å². The van der Waals surface area contributed by atoms with Gasteiger partial charge in [0.1, 0.15) is 17.1 Å². The molecule has 0 saturated carbocycles. The number of halogens is 1. The van der Waals surface area contributed by atoms with E-state index in [2.05, 4.69) is 5.10 Å². The summed E-state index contributed by atoms with van der Waals surface area (Å²) in [6, 6.07) is 7.36. The second-order valence-electron chi connectivity index (χ2n) is 4.14. The number of rotatable bonds is 2. The Balaban J connectivity index is 2.16. The number of hydrogen-bond acceptors (Lipinski definition) is 3. The van der Waals surface area contributed by atoms with Gasteiger partial charge in [-0.3, -0.25) is 4.68 Å². The van der Waals surface area contributed by atoms with Crippen LogP contribution in [0.15, 0.2) is 34.7 Å². The van der Waals surface area contributed by atoms with Gasteiger partial charge in [-0.1, -0.05) is 0 Å². The SMILES string of the molecule is Cn1nc(C(=O)O)cc1-c1cc2ccc(F)cc2o1. The third-order valence-corrected chi connectivity index (χ3v) is 2.83. The number of benzene rings is 1. The lowest BCUT2D eigenvalue weighted by Crippen LogP contribution is -1.99. The zero-order valence-electron chi connectivity index (χ0n) is 9.92. The summed E-state index contributed by atoms with van der Waals surface area (Å²) in [4.78, 5) is 10.9. The second kappa shape index (κ2) is 3.94. The number of aromatic nitrogens is 2. The first-order chi connectivity index (χ1) is 9.04. The topological polar surface area (TPSA) is 68.3 Å². The monoisotopic (exact) mass is 260 g/mol. The number of nitrogens with zero attached hydrogens (tertiary/aromatic N) is 2. The molecule has 2 aromatic heterocycles. The van der Waals surface area contributed by atoms with Crippen LogP contribution in [0.2, 0.25) is 0 Å². The second-order valence-corrected chi connectivity index (χ2v) is 4.14. The molecule has 2 heterocycles. The standard InChI is InChI=1S/C13H9FN2O3/c1-16-10(6-9(15-16)13(17)18)12-4-7-2-3-8(14)5-11(7)19-12/h2-6H,1H3,(H,17,18). The Hall–Kier alpha value is -2.63. The van der Waals surface area contributed by atoms with Crippen LogP contribution in [-0.4, -0.2) is 20.9 Å². The Labute approximate surface area is 106 Å². The van der Waals surface area contributed by atoms with Crippen LogP contribution in [0.25, 0.3) is 22.4 Å². The van der Waals surface area contributed by atoms with Crippen molar-refractivity contribution in [2.45, 2.75) is 0 Å². The highest BCUT2D eigenvalue weighted by atomic mass is 19.1. The van der Waals surface area contributed by atoms with Crippen molar-refractivity contribution in [3.8, 4) is 11.5 Å². The van der Waals surface area contributed by atoms with E-state index in [1.807, 2.05) is 0 Å². The molecule has 96 valence electrons. The van der Waals surface area contributed by atoms with Crippen LogP contribution in [0.1, 0.15) is 10.5 Å². The van der Waals surface area contributed by atoms with Gasteiger partial charge in [0.2, 0.25) is 0 Å². The van der Waals surface area contributed by atoms with Crippen molar-refractivity contribution in [2.24, 2.45) is 7.05 Å². The summed E-state index contributed by atoms with van der Waals surface area (Å²) in [6.07, 6.45) is 0. The first kappa shape index (κ1) is 11.5. The van der Waals surface area contributed by atoms with Gasteiger partial charge in [-0.25, -0.2) is 9.18 Å². The zero-order valence-corrected chi connectivity index (χ0v) is 9.92. The molecule has 0 amide bonds. The minimum Gasteiger partial charge on any atom is -0.476 e. The molecule has 19 heavy (non-hydrogen) atoms. The van der Waals surface area contributed by atoms with Crippen molar-refractivity contribution in [2.75, 3.05) is 0 Å². The molecule has 1 N–H and O–H groups in total. The van der Waals surface area contributed by atoms with Gasteiger partial charge < -0.3 is 9.52 Å². The summed E-state index contributed by atoms with van der Waals surface area (Å²) in [7, 11) is 1.62. The van der Waals surface area contributed by atoms with Gasteiger partial charge in [0.15, 0.2) is 11.5 Å². The molecule has 0 unspecified atom stereocenters. The third kappa shape index (κ3) is 1.87. The van der Waals surface area contributed by atoms with Crippen molar-refractivity contribution in [3.05, 3.63) is 41.8 Å². The van der Waals surface area contributed by atoms with E-state index >= 15 is 0 Å². The minimum atomic E-state index is -1.11. The van der Waals surface area contributed by atoms with Crippen LogP contribution in [-0.2, 0) is 7.05 Å². The van der Waals surface area contributed by atoms with Crippen LogP contribution in [0.3, 0.4) is 0 Å². The largest absolute Gasteiger partial charge is 0.476 e. The first-order valence-electron chi connectivity index (χ1n) is 5.51. The fourth-order valence-corrected chi connectivity index (χ4v) is 1.93. The summed E-state index contributed by atoms with van der Waals surface area (Å²) >= 11 is 0. The highest BCUT2D eigenvalue weighted by molar-refractivity contribution is 5.88. The number of carboxylic acid groups (broad SMARTS) is 1. The predicted octanol–water partition coefficient (Wildman–Crippen LogP) is 2.67. The Morgan fingerprint density at radius 1 is 1.37 bits per heavy atom. The van der Waals surface area contributed by atoms with Crippen molar-refractivity contribution in [3.63, 3.8) is 0 Å². The maximum atomic E-state index is 13.1. The van der Waals surface area contributed by atoms with Gasteiger partial charge in [-0.2, -0.15) is 5.10 Å². The zero-order chi connectivity index (χ0) is 13.6. The van der Waals surface area contributed by atoms with E-state index in [4.69, 9.17) is 9.52 Å². The maximum Gasteiger partial charge on any atom is 0.356 e. The molecule has 0 atom stereocenters. The van der Waals surface area contributed by atoms with Gasteiger partial charge in [0.25, 0.3) is 0 Å². The van der Waals surface area contributed by atoms with Gasteiger partial charge in [-0.05, 0) is 18.2 Å². The molecule has 3 aromatic rings. The smallest absolute Gasteiger partial charge is 0.356 e. The molecule has 3 rings (SSSR count). The number of aryl methyl sites for hydroxylation is 1. The van der Waals surface area contributed by atoms with Crippen molar-refractivity contribution in [1.29, 1.82) is 0 Å². The van der Waals surface area contributed by atoms with Gasteiger partial charge in [0, 0.05) is 24.6 Å². The van der Waals surface area contributed by atoms with E-state index in [-0.39, 0.29) is 11.5 Å². The lowest BCUT2D eigenvalue weighted by atomic mass is 10.2. The molecule has 6 heteroatoms. The van der Waals surface area contributed by atoms with Gasteiger partial charge in [0.05, 0.1) is 0 Å². The molecule has 0 saturated heterocycles. The average molecular weight is 260 g/mol. The fourth-order valence-electron chi connectivity index (χ4n) is 1.93. The molecule has 0 aliphatic heterocycles. The van der Waals surface area contributed by atoms with Crippen molar-refractivity contribution >= 4 is 16.9 Å². The quantitative estimate of drug-likeness (QED) is 0.769. The Morgan fingerprint density at radius 3 is 2.84 bits per heavy atom. The Kier molecular flexibility index (Phi) is 2.38. The fraction of sp³-hybridized carbons (Fsp3) is 0.0769. The summed E-state index contributed by atoms with van der Waals surface area (Å²) in [6.45, 7) is 0. The number of aromatic carboxylic acids is 1. The summed E-state index contributed by atoms with van der Waals surface area (Å²) in [5.74, 6) is -1.04. The number of hydrogen-bond donors (Lipinski definition) is 1. The van der Waals surface area contributed by atoms with E-state index in [1.54, 1.807) is 19.2 Å². The van der Waals surface area contributed by atoms with Gasteiger partial charge >= 0.3 is 5.97 Å². The Morgan fingerprint density at radius 2 is 2.16 bits per heavy atom. The van der Waals surface area contributed by atoms with Crippen LogP contribution < -0.4 is 0 Å². The Bertz CT molecular complexity index is 788. The molecule has 5 nitrogen and oxygen atoms in total. The molecule has 0 radical (unpaired) electrons. The van der Waals surface area contributed by atoms with Crippen molar-refractivity contribution < 1.29 is 18.7 Å². The van der Waals surface area contributed by atoms with E-state index in [0.29, 0.717) is 17.0 Å². The highest BCUT2D eigenvalue weighted by Crippen LogP contribution is 2.28. The third-order valence-electron chi connectivity index (χ3n) is 2.83. The normalized spacial score (nSPS) is 11.1. The predicted molar refractivity (Wildman–Crippen MR) is 65.3 cm³/mol. The van der Waals surface area contributed by atoms with E-state index in [0.717, 1.165) is 5.39 Å².